The zero-order valence-electron chi connectivity index (χ0n) is 16.2. The van der Waals surface area contributed by atoms with Gasteiger partial charge in [0.05, 0.1) is 27.2 Å². The Morgan fingerprint density at radius 3 is 2.39 bits per heavy atom. The van der Waals surface area contributed by atoms with Crippen LogP contribution in [0.3, 0.4) is 0 Å². The Hall–Kier alpha value is -1.61. The minimum Gasteiger partial charge on any atom is -0.385 e. The number of fused-ring (bicyclic) bond motifs is 2. The smallest absolute Gasteiger partial charge is 0.235 e. The molecule has 1 amide bonds. The van der Waals surface area contributed by atoms with Gasteiger partial charge in [0.15, 0.2) is 4.34 Å². The van der Waals surface area contributed by atoms with Crippen LogP contribution in [0.25, 0.3) is 0 Å². The lowest BCUT2D eigenvalue weighted by Crippen LogP contribution is -2.43. The molecule has 6 nitrogen and oxygen atoms in total. The summed E-state index contributed by atoms with van der Waals surface area (Å²) in [4.78, 5) is 17.4. The molecule has 28 heavy (non-hydrogen) atoms. The Morgan fingerprint density at radius 2 is 1.86 bits per heavy atom. The molecule has 0 bridgehead atoms. The van der Waals surface area contributed by atoms with Crippen LogP contribution in [-0.2, 0) is 52.8 Å². The Morgan fingerprint density at radius 1 is 1.25 bits per heavy atom. The molecule has 2 aliphatic rings. The summed E-state index contributed by atoms with van der Waals surface area (Å²) in [5.41, 5.74) is 5.38. The van der Waals surface area contributed by atoms with Crippen molar-refractivity contribution in [1.82, 2.24) is 9.71 Å². The molecule has 0 atom stereocenters. The summed E-state index contributed by atoms with van der Waals surface area (Å²) in [5.74, 6) is -0.333. The van der Waals surface area contributed by atoms with Crippen LogP contribution in [0.15, 0.2) is 16.6 Å². The minimum atomic E-state index is -3.63. The maximum atomic E-state index is 12.9. The maximum Gasteiger partial charge on any atom is 0.235 e. The highest BCUT2D eigenvalue weighted by Crippen LogP contribution is 2.35. The fourth-order valence-corrected chi connectivity index (χ4v) is 6.69. The van der Waals surface area contributed by atoms with Crippen molar-refractivity contribution in [3.05, 3.63) is 45.0 Å². The first kappa shape index (κ1) is 19.7. The van der Waals surface area contributed by atoms with Crippen molar-refractivity contribution in [2.45, 2.75) is 68.7 Å². The van der Waals surface area contributed by atoms with Gasteiger partial charge in [0.1, 0.15) is 0 Å². The zero-order chi connectivity index (χ0) is 20.1. The lowest BCUT2D eigenvalue weighted by Gasteiger charge is -2.20. The molecule has 0 fully saturated rings. The van der Waals surface area contributed by atoms with Gasteiger partial charge in [-0.15, -0.1) is 11.3 Å². The fourth-order valence-electron chi connectivity index (χ4n) is 4.28. The topological polar surface area (TPSA) is 105 Å². The number of aliphatic hydroxyl groups is 1. The Labute approximate surface area is 170 Å². The SMILES string of the molecule is CC(C)(O)c1cnc([SH](N)(=O)NC(=O)Cc2c3c(cc4c2CCC4)CCC3)s1. The van der Waals surface area contributed by atoms with Crippen molar-refractivity contribution in [1.29, 1.82) is 0 Å². The molecule has 8 heteroatoms. The predicted octanol–water partition coefficient (Wildman–Crippen LogP) is 1.87. The van der Waals surface area contributed by atoms with E-state index in [1.54, 1.807) is 13.8 Å². The van der Waals surface area contributed by atoms with Crippen molar-refractivity contribution in [3.8, 4) is 0 Å². The highest BCUT2D eigenvalue weighted by Gasteiger charge is 2.28. The minimum absolute atomic E-state index is 0.154. The molecule has 1 aromatic heterocycles. The summed E-state index contributed by atoms with van der Waals surface area (Å²) in [6, 6.07) is 2.33. The zero-order valence-corrected chi connectivity index (χ0v) is 18.0. The molecule has 0 aliphatic heterocycles. The van der Waals surface area contributed by atoms with Gasteiger partial charge in [-0.3, -0.25) is 14.7 Å². The number of nitrogens with two attached hydrogens (primary N) is 1. The third kappa shape index (κ3) is 3.66. The van der Waals surface area contributed by atoms with Gasteiger partial charge in [0, 0.05) is 6.20 Å². The van der Waals surface area contributed by atoms with Crippen LogP contribution in [0.5, 0.6) is 0 Å². The number of hydrogen-bond donors (Lipinski definition) is 4. The Bertz CT molecular complexity index is 959. The average molecular weight is 422 g/mol. The van der Waals surface area contributed by atoms with Crippen molar-refractivity contribution in [2.75, 3.05) is 0 Å². The first-order chi connectivity index (χ1) is 13.1. The average Bonchev–Trinajstić information content (AvgIpc) is 3.33. The van der Waals surface area contributed by atoms with Gasteiger partial charge in [-0.2, -0.15) is 0 Å². The van der Waals surface area contributed by atoms with E-state index in [9.17, 15) is 14.1 Å². The number of benzene rings is 1. The largest absolute Gasteiger partial charge is 0.385 e. The van der Waals surface area contributed by atoms with Gasteiger partial charge >= 0.3 is 0 Å². The highest BCUT2D eigenvalue weighted by molar-refractivity contribution is 8.01. The Kier molecular flexibility index (Phi) is 4.94. The van der Waals surface area contributed by atoms with Gasteiger partial charge < -0.3 is 5.11 Å². The van der Waals surface area contributed by atoms with E-state index in [0.717, 1.165) is 55.4 Å². The first-order valence-electron chi connectivity index (χ1n) is 9.69. The quantitative estimate of drug-likeness (QED) is 0.553. The van der Waals surface area contributed by atoms with Crippen LogP contribution < -0.4 is 9.86 Å². The molecule has 1 heterocycles. The van der Waals surface area contributed by atoms with Crippen molar-refractivity contribution in [3.63, 3.8) is 0 Å². The molecule has 0 saturated carbocycles. The van der Waals surface area contributed by atoms with Crippen LogP contribution in [0.1, 0.15) is 59.4 Å². The third-order valence-corrected chi connectivity index (χ3v) is 9.07. The molecule has 0 spiro atoms. The van der Waals surface area contributed by atoms with E-state index in [0.29, 0.717) is 4.88 Å². The third-order valence-electron chi connectivity index (χ3n) is 5.61. The summed E-state index contributed by atoms with van der Waals surface area (Å²) in [5, 5.41) is 16.0. The number of hydrogen-bond acceptors (Lipinski definition) is 5. The van der Waals surface area contributed by atoms with Crippen LogP contribution in [0.4, 0.5) is 0 Å². The molecule has 0 radical (unpaired) electrons. The van der Waals surface area contributed by atoms with E-state index in [4.69, 9.17) is 5.14 Å². The van der Waals surface area contributed by atoms with Gasteiger partial charge in [-0.25, -0.2) is 9.19 Å². The lowest BCUT2D eigenvalue weighted by molar-refractivity contribution is -0.118. The van der Waals surface area contributed by atoms with Crippen LogP contribution in [0, 0.1) is 0 Å². The second-order valence-corrected chi connectivity index (χ2v) is 11.6. The van der Waals surface area contributed by atoms with Gasteiger partial charge in [0.25, 0.3) is 0 Å². The molecule has 0 saturated heterocycles. The maximum absolute atomic E-state index is 12.9. The standard InChI is InChI=1S/C20H27N3O3S2/c1-20(2,25)17-11-22-19(27-17)28(21,26)23-18(24)10-16-14-7-3-5-12(14)9-13-6-4-8-15(13)16/h9,11,25,28H,3-8,10H2,1-2H3,(H3,21,23,24,26). The van der Waals surface area contributed by atoms with Crippen molar-refractivity contribution in [2.24, 2.45) is 5.14 Å². The number of rotatable bonds is 5. The van der Waals surface area contributed by atoms with Crippen molar-refractivity contribution >= 4 is 27.5 Å². The summed E-state index contributed by atoms with van der Waals surface area (Å²) < 4.78 is 15.6. The van der Waals surface area contributed by atoms with E-state index in [1.807, 2.05) is 0 Å². The molecule has 4 N–H and O–H groups in total. The molecular weight excluding hydrogens is 394 g/mol. The second kappa shape index (κ2) is 7.02. The number of aromatic nitrogens is 1. The normalized spacial score (nSPS) is 16.7. The number of nitrogens with one attached hydrogen (secondary N) is 1. The fraction of sp³-hybridized carbons (Fsp3) is 0.500. The molecule has 152 valence electrons. The van der Waals surface area contributed by atoms with Crippen LogP contribution in [0.2, 0.25) is 0 Å². The molecule has 0 unspecified atom stereocenters. The number of thiol groups is 1. The van der Waals surface area contributed by atoms with E-state index in [1.165, 1.54) is 28.5 Å². The number of carbonyl (C=O) groups excluding carboxylic acids is 1. The number of aryl methyl sites for hydroxylation is 2. The van der Waals surface area contributed by atoms with E-state index in [-0.39, 0.29) is 16.7 Å². The van der Waals surface area contributed by atoms with E-state index < -0.39 is 15.9 Å². The highest BCUT2D eigenvalue weighted by atomic mass is 32.3. The molecule has 1 aromatic carbocycles. The predicted molar refractivity (Wildman–Crippen MR) is 112 cm³/mol. The van der Waals surface area contributed by atoms with Crippen LogP contribution >= 0.6 is 11.3 Å². The summed E-state index contributed by atoms with van der Waals surface area (Å²) in [6.07, 6.45) is 8.08. The van der Waals surface area contributed by atoms with Gasteiger partial charge in [-0.1, -0.05) is 6.07 Å². The first-order valence-corrected chi connectivity index (χ1v) is 12.3. The number of thiazole rings is 1. The van der Waals surface area contributed by atoms with Gasteiger partial charge in [0.2, 0.25) is 5.91 Å². The molecule has 2 aliphatic carbocycles. The number of amides is 1. The molecule has 4 rings (SSSR count). The molecule has 2 aromatic rings. The van der Waals surface area contributed by atoms with E-state index in [2.05, 4.69) is 15.8 Å². The summed E-state index contributed by atoms with van der Waals surface area (Å²) >= 11 is 1.07. The molecular formula is C20H27N3O3S2. The number of carbonyl (C=O) groups is 1. The Balaban J connectivity index is 1.55. The van der Waals surface area contributed by atoms with Gasteiger partial charge in [-0.05, 0) is 80.2 Å². The number of nitrogens with zero attached hydrogens (tertiary/aromatic N) is 1. The summed E-state index contributed by atoms with van der Waals surface area (Å²) in [6.45, 7) is 3.25. The van der Waals surface area contributed by atoms with Crippen molar-refractivity contribution < 1.29 is 14.1 Å². The van der Waals surface area contributed by atoms with Crippen LogP contribution in [-0.4, -0.2) is 20.2 Å². The summed E-state index contributed by atoms with van der Waals surface area (Å²) in [7, 11) is -3.63. The lowest BCUT2D eigenvalue weighted by atomic mass is 9.92. The van der Waals surface area contributed by atoms with E-state index >= 15 is 0 Å². The monoisotopic (exact) mass is 421 g/mol. The second-order valence-electron chi connectivity index (χ2n) is 8.27.